The molecule has 0 aliphatic carbocycles. The van der Waals surface area contributed by atoms with Gasteiger partial charge in [-0.2, -0.15) is 0 Å². The van der Waals surface area contributed by atoms with E-state index in [2.05, 4.69) is 36.4 Å². The fraction of sp³-hybridized carbons (Fsp3) is 0.812. The lowest BCUT2D eigenvalue weighted by molar-refractivity contribution is 0.459. The average molecular weight is 295 g/mol. The molecular weight excluding hydrogens is 266 g/mol. The SMILES string of the molecule is CCC1CCCN(c2nc(CNCC(C)C)cs2)CC1. The Morgan fingerprint density at radius 3 is 3.00 bits per heavy atom. The summed E-state index contributed by atoms with van der Waals surface area (Å²) in [6, 6.07) is 0. The quantitative estimate of drug-likeness (QED) is 0.862. The third kappa shape index (κ3) is 4.74. The highest BCUT2D eigenvalue weighted by Gasteiger charge is 2.18. The lowest BCUT2D eigenvalue weighted by Gasteiger charge is -2.19. The Morgan fingerprint density at radius 1 is 1.40 bits per heavy atom. The van der Waals surface area contributed by atoms with E-state index >= 15 is 0 Å². The van der Waals surface area contributed by atoms with Crippen molar-refractivity contribution in [2.75, 3.05) is 24.5 Å². The van der Waals surface area contributed by atoms with Crippen molar-refractivity contribution in [2.45, 2.75) is 53.0 Å². The van der Waals surface area contributed by atoms with Gasteiger partial charge in [0.05, 0.1) is 5.69 Å². The van der Waals surface area contributed by atoms with E-state index in [0.29, 0.717) is 5.92 Å². The van der Waals surface area contributed by atoms with E-state index in [0.717, 1.165) is 19.0 Å². The largest absolute Gasteiger partial charge is 0.348 e. The van der Waals surface area contributed by atoms with Gasteiger partial charge in [-0.05, 0) is 37.6 Å². The summed E-state index contributed by atoms with van der Waals surface area (Å²) in [6.07, 6.45) is 5.37. The molecule has 1 unspecified atom stereocenters. The Bertz CT molecular complexity index is 389. The minimum atomic E-state index is 0.699. The molecule has 1 aliphatic heterocycles. The number of thiazole rings is 1. The number of hydrogen-bond acceptors (Lipinski definition) is 4. The predicted octanol–water partition coefficient (Wildman–Crippen LogP) is 3.91. The van der Waals surface area contributed by atoms with Gasteiger partial charge in [0, 0.05) is 25.0 Å². The zero-order valence-corrected chi connectivity index (χ0v) is 14.0. The van der Waals surface area contributed by atoms with Crippen LogP contribution in [0.5, 0.6) is 0 Å². The van der Waals surface area contributed by atoms with Crippen LogP contribution in [0.1, 0.15) is 52.1 Å². The van der Waals surface area contributed by atoms with Crippen LogP contribution in [-0.2, 0) is 6.54 Å². The third-order valence-electron chi connectivity index (χ3n) is 4.09. The highest BCUT2D eigenvalue weighted by Crippen LogP contribution is 2.26. The molecule has 0 spiro atoms. The predicted molar refractivity (Wildman–Crippen MR) is 88.5 cm³/mol. The molecule has 0 aromatic carbocycles. The average Bonchev–Trinajstić information content (AvgIpc) is 2.75. The molecule has 0 saturated carbocycles. The number of aromatic nitrogens is 1. The third-order valence-corrected chi connectivity index (χ3v) is 5.04. The van der Waals surface area contributed by atoms with Gasteiger partial charge >= 0.3 is 0 Å². The van der Waals surface area contributed by atoms with Crippen molar-refractivity contribution in [3.63, 3.8) is 0 Å². The topological polar surface area (TPSA) is 28.2 Å². The van der Waals surface area contributed by atoms with Gasteiger partial charge in [-0.1, -0.05) is 27.2 Å². The van der Waals surface area contributed by atoms with Crippen molar-refractivity contribution in [2.24, 2.45) is 11.8 Å². The van der Waals surface area contributed by atoms with Crippen molar-refractivity contribution in [3.05, 3.63) is 11.1 Å². The van der Waals surface area contributed by atoms with Gasteiger partial charge in [0.2, 0.25) is 0 Å². The Morgan fingerprint density at radius 2 is 2.25 bits per heavy atom. The maximum atomic E-state index is 4.81. The maximum absolute atomic E-state index is 4.81. The van der Waals surface area contributed by atoms with Crippen molar-refractivity contribution in [1.29, 1.82) is 0 Å². The monoisotopic (exact) mass is 295 g/mol. The van der Waals surface area contributed by atoms with E-state index < -0.39 is 0 Å². The Labute approximate surface area is 127 Å². The van der Waals surface area contributed by atoms with Gasteiger partial charge in [0.15, 0.2) is 5.13 Å². The summed E-state index contributed by atoms with van der Waals surface area (Å²) in [5.41, 5.74) is 1.20. The van der Waals surface area contributed by atoms with Gasteiger partial charge < -0.3 is 10.2 Å². The van der Waals surface area contributed by atoms with Crippen LogP contribution in [0.3, 0.4) is 0 Å². The molecule has 0 amide bonds. The first-order chi connectivity index (χ1) is 9.69. The number of anilines is 1. The molecule has 114 valence electrons. The minimum Gasteiger partial charge on any atom is -0.348 e. The maximum Gasteiger partial charge on any atom is 0.185 e. The van der Waals surface area contributed by atoms with Crippen LogP contribution < -0.4 is 10.2 Å². The molecular formula is C16H29N3S. The molecule has 20 heavy (non-hydrogen) atoms. The van der Waals surface area contributed by atoms with Crippen molar-refractivity contribution < 1.29 is 0 Å². The number of nitrogens with one attached hydrogen (secondary N) is 1. The van der Waals surface area contributed by atoms with Gasteiger partial charge in [0.25, 0.3) is 0 Å². The standard InChI is InChI=1S/C16H29N3S/c1-4-14-6-5-8-19(9-7-14)16-18-15(12-20-16)11-17-10-13(2)3/h12-14,17H,4-11H2,1-3H3. The molecule has 1 aromatic heterocycles. The second-order valence-corrected chi connectivity index (χ2v) is 7.17. The minimum absolute atomic E-state index is 0.699. The summed E-state index contributed by atoms with van der Waals surface area (Å²) in [6.45, 7) is 11.1. The Kier molecular flexibility index (Phi) is 6.30. The van der Waals surface area contributed by atoms with Crippen LogP contribution in [0.25, 0.3) is 0 Å². The van der Waals surface area contributed by atoms with Crippen molar-refractivity contribution in [3.8, 4) is 0 Å². The second kappa shape index (κ2) is 7.99. The lowest BCUT2D eigenvalue weighted by Crippen LogP contribution is -2.24. The Balaban J connectivity index is 1.85. The fourth-order valence-corrected chi connectivity index (χ4v) is 3.66. The summed E-state index contributed by atoms with van der Waals surface area (Å²) in [4.78, 5) is 7.30. The van der Waals surface area contributed by atoms with E-state index in [1.807, 2.05) is 11.3 Å². The van der Waals surface area contributed by atoms with E-state index in [1.54, 1.807) is 0 Å². The molecule has 0 radical (unpaired) electrons. The first kappa shape index (κ1) is 15.8. The van der Waals surface area contributed by atoms with Gasteiger partial charge in [0.1, 0.15) is 0 Å². The fourth-order valence-electron chi connectivity index (χ4n) is 2.78. The summed E-state index contributed by atoms with van der Waals surface area (Å²) in [5, 5.41) is 6.91. The highest BCUT2D eigenvalue weighted by atomic mass is 32.1. The molecule has 2 rings (SSSR count). The summed E-state index contributed by atoms with van der Waals surface area (Å²) >= 11 is 1.81. The lowest BCUT2D eigenvalue weighted by atomic mass is 9.98. The normalized spacial score (nSPS) is 20.4. The molecule has 1 saturated heterocycles. The van der Waals surface area contributed by atoms with Crippen LogP contribution in [0.15, 0.2) is 5.38 Å². The number of nitrogens with zero attached hydrogens (tertiary/aromatic N) is 2. The molecule has 4 heteroatoms. The van der Waals surface area contributed by atoms with Crippen LogP contribution in [0, 0.1) is 11.8 Å². The van der Waals surface area contributed by atoms with Crippen LogP contribution in [0.4, 0.5) is 5.13 Å². The van der Waals surface area contributed by atoms with Gasteiger partial charge in [-0.25, -0.2) is 4.98 Å². The highest BCUT2D eigenvalue weighted by molar-refractivity contribution is 7.13. The van der Waals surface area contributed by atoms with Crippen LogP contribution >= 0.6 is 11.3 Å². The van der Waals surface area contributed by atoms with E-state index in [4.69, 9.17) is 4.98 Å². The molecule has 0 bridgehead atoms. The first-order valence-electron chi connectivity index (χ1n) is 8.09. The van der Waals surface area contributed by atoms with E-state index in [9.17, 15) is 0 Å². The first-order valence-corrected chi connectivity index (χ1v) is 8.97. The second-order valence-electron chi connectivity index (χ2n) is 6.34. The van der Waals surface area contributed by atoms with Gasteiger partial charge in [-0.15, -0.1) is 11.3 Å². The molecule has 1 N–H and O–H groups in total. The van der Waals surface area contributed by atoms with Crippen LogP contribution in [0.2, 0.25) is 0 Å². The number of rotatable bonds is 6. The molecule has 3 nitrogen and oxygen atoms in total. The van der Waals surface area contributed by atoms with E-state index in [-0.39, 0.29) is 0 Å². The number of hydrogen-bond donors (Lipinski definition) is 1. The molecule has 1 aliphatic rings. The summed E-state index contributed by atoms with van der Waals surface area (Å²) in [7, 11) is 0. The molecule has 1 atom stereocenters. The zero-order chi connectivity index (χ0) is 14.4. The van der Waals surface area contributed by atoms with Crippen LogP contribution in [-0.4, -0.2) is 24.6 Å². The smallest absolute Gasteiger partial charge is 0.185 e. The summed E-state index contributed by atoms with van der Waals surface area (Å²) < 4.78 is 0. The zero-order valence-electron chi connectivity index (χ0n) is 13.2. The summed E-state index contributed by atoms with van der Waals surface area (Å²) in [5.74, 6) is 1.62. The molecule has 1 aromatic rings. The van der Waals surface area contributed by atoms with E-state index in [1.165, 1.54) is 49.6 Å². The molecule has 1 fully saturated rings. The van der Waals surface area contributed by atoms with Crippen molar-refractivity contribution in [1.82, 2.24) is 10.3 Å². The van der Waals surface area contributed by atoms with Gasteiger partial charge in [-0.3, -0.25) is 0 Å². The van der Waals surface area contributed by atoms with Crippen molar-refractivity contribution >= 4 is 16.5 Å². The molecule has 2 heterocycles. The Hall–Kier alpha value is -0.610.